The number of Topliss-reactive ketones (excluding diaryl/α,β-unsaturated/α-hetero) is 1. The first kappa shape index (κ1) is 24.5. The quantitative estimate of drug-likeness (QED) is 0.194. The molecule has 1 aliphatic rings. The average molecular weight is 515 g/mol. The number of aryl methyl sites for hydroxylation is 2. The number of benzene rings is 3. The Balaban J connectivity index is 1.72. The molecule has 4 aromatic rings. The molecule has 0 spiro atoms. The minimum Gasteiger partial charge on any atom is -0.507 e. The SMILES string of the molecule is CCOc1ccc(C2C(=C(O)c3cc(C)ccc3C)C(=O)C(=O)N2c2nc3ccc(OC)cc3s2)cc1. The number of hydrogen-bond donors (Lipinski definition) is 1. The van der Waals surface area contributed by atoms with Gasteiger partial charge in [0.05, 0.1) is 35.5 Å². The first-order valence-electron chi connectivity index (χ1n) is 11.9. The van der Waals surface area contributed by atoms with E-state index in [1.807, 2.05) is 51.1 Å². The molecule has 0 bridgehead atoms. The van der Waals surface area contributed by atoms with Crippen LogP contribution in [0.3, 0.4) is 0 Å². The van der Waals surface area contributed by atoms with Crippen molar-refractivity contribution in [1.82, 2.24) is 4.98 Å². The molecular formula is C29H26N2O5S. The molecule has 3 aromatic carbocycles. The number of hydrogen-bond acceptors (Lipinski definition) is 7. The summed E-state index contributed by atoms with van der Waals surface area (Å²) in [7, 11) is 1.58. The Bertz CT molecular complexity index is 1550. The Morgan fingerprint density at radius 3 is 2.46 bits per heavy atom. The number of nitrogens with zero attached hydrogens (tertiary/aromatic N) is 2. The lowest BCUT2D eigenvalue weighted by molar-refractivity contribution is -0.132. The minimum absolute atomic E-state index is 0.0275. The monoisotopic (exact) mass is 514 g/mol. The summed E-state index contributed by atoms with van der Waals surface area (Å²) in [6, 6.07) is 17.4. The average Bonchev–Trinajstić information content (AvgIpc) is 3.43. The van der Waals surface area contributed by atoms with Crippen LogP contribution in [0.4, 0.5) is 5.13 Å². The van der Waals surface area contributed by atoms with Gasteiger partial charge in [-0.3, -0.25) is 14.5 Å². The molecule has 1 amide bonds. The molecule has 2 heterocycles. The van der Waals surface area contributed by atoms with E-state index in [-0.39, 0.29) is 11.3 Å². The third kappa shape index (κ3) is 4.34. The van der Waals surface area contributed by atoms with E-state index in [0.29, 0.717) is 39.9 Å². The Morgan fingerprint density at radius 2 is 1.76 bits per heavy atom. The number of thiazole rings is 1. The largest absolute Gasteiger partial charge is 0.507 e. The van der Waals surface area contributed by atoms with Gasteiger partial charge in [-0.2, -0.15) is 0 Å². The number of anilines is 1. The van der Waals surface area contributed by atoms with E-state index < -0.39 is 17.7 Å². The highest BCUT2D eigenvalue weighted by Crippen LogP contribution is 2.45. The van der Waals surface area contributed by atoms with Crippen molar-refractivity contribution in [3.05, 3.63) is 88.5 Å². The summed E-state index contributed by atoms with van der Waals surface area (Å²) in [5.41, 5.74) is 3.61. The lowest BCUT2D eigenvalue weighted by Gasteiger charge is -2.23. The van der Waals surface area contributed by atoms with Gasteiger partial charge < -0.3 is 14.6 Å². The molecule has 1 saturated heterocycles. The maximum Gasteiger partial charge on any atom is 0.301 e. The third-order valence-corrected chi connectivity index (χ3v) is 7.41. The van der Waals surface area contributed by atoms with Gasteiger partial charge in [-0.15, -0.1) is 0 Å². The van der Waals surface area contributed by atoms with Gasteiger partial charge in [0.25, 0.3) is 5.78 Å². The summed E-state index contributed by atoms with van der Waals surface area (Å²) in [4.78, 5) is 33.0. The van der Waals surface area contributed by atoms with Gasteiger partial charge in [0.15, 0.2) is 5.13 Å². The Hall–Kier alpha value is -4.17. The highest BCUT2D eigenvalue weighted by Gasteiger charge is 2.48. The number of aromatic nitrogens is 1. The maximum atomic E-state index is 13.5. The summed E-state index contributed by atoms with van der Waals surface area (Å²) in [6.45, 7) is 6.18. The molecule has 0 saturated carbocycles. The van der Waals surface area contributed by atoms with Gasteiger partial charge in [0.1, 0.15) is 17.3 Å². The number of amides is 1. The fraction of sp³-hybridized carbons (Fsp3) is 0.207. The molecule has 0 aliphatic carbocycles. The minimum atomic E-state index is -0.863. The van der Waals surface area contributed by atoms with Crippen LogP contribution in [0.15, 0.2) is 66.2 Å². The Morgan fingerprint density at radius 1 is 1.03 bits per heavy atom. The fourth-order valence-corrected chi connectivity index (χ4v) is 5.54. The van der Waals surface area contributed by atoms with Gasteiger partial charge in [0.2, 0.25) is 0 Å². The molecule has 5 rings (SSSR count). The fourth-order valence-electron chi connectivity index (χ4n) is 4.52. The summed E-state index contributed by atoms with van der Waals surface area (Å²) in [6.07, 6.45) is 0. The van der Waals surface area contributed by atoms with Crippen LogP contribution in [0.5, 0.6) is 11.5 Å². The number of methoxy groups -OCH3 is 1. The number of ketones is 1. The number of carbonyl (C=O) groups excluding carboxylic acids is 2. The first-order chi connectivity index (χ1) is 17.8. The standard InChI is InChI=1S/C29H26N2O5S/c1-5-36-19-10-8-18(9-11-19)25-24(26(32)21-14-16(2)6-7-17(21)3)27(33)28(34)31(25)29-30-22-13-12-20(35-4)15-23(22)37-29/h6-15,25,32H,5H2,1-4H3. The summed E-state index contributed by atoms with van der Waals surface area (Å²) < 4.78 is 11.7. The van der Waals surface area contributed by atoms with Gasteiger partial charge in [-0.05, 0) is 68.3 Å². The van der Waals surface area contributed by atoms with E-state index in [9.17, 15) is 14.7 Å². The second kappa shape index (κ2) is 9.71. The van der Waals surface area contributed by atoms with E-state index in [1.54, 1.807) is 37.4 Å². The van der Waals surface area contributed by atoms with E-state index in [4.69, 9.17) is 9.47 Å². The van der Waals surface area contributed by atoms with Crippen molar-refractivity contribution in [1.29, 1.82) is 0 Å². The van der Waals surface area contributed by atoms with E-state index in [1.165, 1.54) is 16.2 Å². The van der Waals surface area contributed by atoms with Crippen molar-refractivity contribution in [3.63, 3.8) is 0 Å². The predicted octanol–water partition coefficient (Wildman–Crippen LogP) is 5.95. The zero-order valence-corrected chi connectivity index (χ0v) is 21.8. The van der Waals surface area contributed by atoms with Crippen LogP contribution in [0, 0.1) is 13.8 Å². The number of aliphatic hydroxyl groups excluding tert-OH is 1. The van der Waals surface area contributed by atoms with Gasteiger partial charge in [-0.25, -0.2) is 4.98 Å². The van der Waals surface area contributed by atoms with Crippen molar-refractivity contribution in [2.75, 3.05) is 18.6 Å². The van der Waals surface area contributed by atoms with Crippen LogP contribution in [-0.4, -0.2) is 35.5 Å². The van der Waals surface area contributed by atoms with E-state index >= 15 is 0 Å². The van der Waals surface area contributed by atoms with Gasteiger partial charge in [0, 0.05) is 5.56 Å². The smallest absolute Gasteiger partial charge is 0.301 e. The van der Waals surface area contributed by atoms with E-state index in [2.05, 4.69) is 4.98 Å². The van der Waals surface area contributed by atoms with Gasteiger partial charge >= 0.3 is 5.91 Å². The normalized spacial score (nSPS) is 17.0. The molecule has 1 atom stereocenters. The molecule has 7 nitrogen and oxygen atoms in total. The molecular weight excluding hydrogens is 488 g/mol. The van der Waals surface area contributed by atoms with Crippen LogP contribution in [0.25, 0.3) is 16.0 Å². The van der Waals surface area contributed by atoms with Crippen LogP contribution in [0.2, 0.25) is 0 Å². The predicted molar refractivity (Wildman–Crippen MR) is 144 cm³/mol. The van der Waals surface area contributed by atoms with Crippen molar-refractivity contribution < 1.29 is 24.2 Å². The van der Waals surface area contributed by atoms with Crippen LogP contribution < -0.4 is 14.4 Å². The Labute approximate surface area is 218 Å². The zero-order valence-electron chi connectivity index (χ0n) is 20.9. The van der Waals surface area contributed by atoms with Crippen molar-refractivity contribution in [2.24, 2.45) is 0 Å². The lowest BCUT2D eigenvalue weighted by Crippen LogP contribution is -2.29. The Kier molecular flexibility index (Phi) is 6.43. The maximum absolute atomic E-state index is 13.5. The number of carbonyl (C=O) groups is 2. The molecule has 1 N–H and O–H groups in total. The molecule has 8 heteroatoms. The number of aliphatic hydroxyl groups is 1. The summed E-state index contributed by atoms with van der Waals surface area (Å²) in [5.74, 6) is -0.359. The highest BCUT2D eigenvalue weighted by molar-refractivity contribution is 7.22. The topological polar surface area (TPSA) is 89.0 Å². The molecule has 37 heavy (non-hydrogen) atoms. The second-order valence-electron chi connectivity index (χ2n) is 8.82. The van der Waals surface area contributed by atoms with Crippen LogP contribution >= 0.6 is 11.3 Å². The van der Waals surface area contributed by atoms with Crippen molar-refractivity contribution in [3.8, 4) is 11.5 Å². The second-order valence-corrected chi connectivity index (χ2v) is 9.83. The van der Waals surface area contributed by atoms with Crippen LogP contribution in [0.1, 0.15) is 35.2 Å². The van der Waals surface area contributed by atoms with E-state index in [0.717, 1.165) is 15.8 Å². The van der Waals surface area contributed by atoms with Gasteiger partial charge in [-0.1, -0.05) is 41.2 Å². The molecule has 188 valence electrons. The number of rotatable bonds is 6. The lowest BCUT2D eigenvalue weighted by atomic mass is 9.93. The molecule has 1 unspecified atom stereocenters. The van der Waals surface area contributed by atoms with Crippen LogP contribution in [-0.2, 0) is 9.59 Å². The summed E-state index contributed by atoms with van der Waals surface area (Å²) >= 11 is 1.29. The first-order valence-corrected chi connectivity index (χ1v) is 12.7. The molecule has 1 aromatic heterocycles. The number of fused-ring (bicyclic) bond motifs is 1. The molecule has 1 fully saturated rings. The zero-order chi connectivity index (χ0) is 26.3. The summed E-state index contributed by atoms with van der Waals surface area (Å²) in [5, 5.41) is 11.8. The molecule has 1 aliphatic heterocycles. The highest BCUT2D eigenvalue weighted by atomic mass is 32.1. The number of ether oxygens (including phenoxy) is 2. The van der Waals surface area contributed by atoms with Crippen molar-refractivity contribution in [2.45, 2.75) is 26.8 Å². The van der Waals surface area contributed by atoms with Crippen molar-refractivity contribution >= 4 is 44.1 Å². The molecule has 0 radical (unpaired) electrons. The third-order valence-electron chi connectivity index (χ3n) is 6.39.